The second-order valence-corrected chi connectivity index (χ2v) is 6.51. The second-order valence-electron chi connectivity index (χ2n) is 6.51. The molecular weight excluding hydrogens is 352 g/mol. The molecule has 3 rings (SSSR count). The Balaban J connectivity index is 1.65. The number of hydrogen-bond acceptors (Lipinski definition) is 6. The predicted octanol–water partition coefficient (Wildman–Crippen LogP) is 1.74. The van der Waals surface area contributed by atoms with Gasteiger partial charge in [0.05, 0.1) is 13.0 Å². The van der Waals surface area contributed by atoms with E-state index in [1.165, 1.54) is 4.68 Å². The van der Waals surface area contributed by atoms with Gasteiger partial charge in [0.15, 0.2) is 5.82 Å². The van der Waals surface area contributed by atoms with Crippen molar-refractivity contribution < 1.29 is 19.4 Å². The highest BCUT2D eigenvalue weighted by Gasteiger charge is 2.26. The highest BCUT2D eigenvalue weighted by atomic mass is 16.5. The van der Waals surface area contributed by atoms with Crippen LogP contribution >= 0.6 is 0 Å². The Bertz CT molecular complexity index is 829. The van der Waals surface area contributed by atoms with Gasteiger partial charge >= 0.3 is 12.0 Å². The Morgan fingerprint density at radius 3 is 2.59 bits per heavy atom. The van der Waals surface area contributed by atoms with Crippen LogP contribution in [0.1, 0.15) is 31.5 Å². The summed E-state index contributed by atoms with van der Waals surface area (Å²) < 4.78 is 6.87. The fraction of sp³-hybridized carbons (Fsp3) is 0.471. The molecule has 1 aromatic heterocycles. The van der Waals surface area contributed by atoms with E-state index in [4.69, 9.17) is 9.84 Å². The van der Waals surface area contributed by atoms with Crippen molar-refractivity contribution in [1.29, 1.82) is 0 Å². The summed E-state index contributed by atoms with van der Waals surface area (Å²) in [6, 6.07) is 4.81. The number of urea groups is 1. The van der Waals surface area contributed by atoms with Crippen molar-refractivity contribution in [3.63, 3.8) is 0 Å². The number of anilines is 1. The molecule has 1 aliphatic rings. The third-order valence-electron chi connectivity index (χ3n) is 4.70. The van der Waals surface area contributed by atoms with Gasteiger partial charge in [0.25, 0.3) is 0 Å². The number of tetrazole rings is 1. The van der Waals surface area contributed by atoms with Crippen molar-refractivity contribution in [1.82, 2.24) is 25.5 Å². The number of nitrogens with zero attached hydrogens (tertiary/aromatic N) is 4. The molecule has 144 valence electrons. The lowest BCUT2D eigenvalue weighted by atomic mass is 9.86. The van der Waals surface area contributed by atoms with E-state index in [9.17, 15) is 9.59 Å². The summed E-state index contributed by atoms with van der Waals surface area (Å²) in [6.45, 7) is 1.76. The Kier molecular flexibility index (Phi) is 5.53. The van der Waals surface area contributed by atoms with Gasteiger partial charge in [-0.2, -0.15) is 4.68 Å². The number of nitrogens with one attached hydrogen (secondary N) is 2. The number of carbonyl (C=O) groups excluding carboxylic acids is 1. The van der Waals surface area contributed by atoms with E-state index in [1.807, 2.05) is 0 Å². The molecule has 0 aliphatic heterocycles. The molecule has 2 amide bonds. The fourth-order valence-corrected chi connectivity index (χ4v) is 3.22. The number of ether oxygens (including phenoxy) is 1. The standard InChI is InChI=1S/C17H22N6O4/c1-10-20-21-22-23(10)14-9-13(7-8-15(14)27-2)19-17(26)18-12-5-3-11(4-6-12)16(24)25/h7-9,11-12H,3-6H2,1-2H3,(H,24,25)(H2,18,19,26). The number of benzene rings is 1. The zero-order chi connectivity index (χ0) is 19.4. The first-order chi connectivity index (χ1) is 13.0. The summed E-state index contributed by atoms with van der Waals surface area (Å²) in [7, 11) is 1.55. The molecule has 0 spiro atoms. The Morgan fingerprint density at radius 1 is 1.26 bits per heavy atom. The monoisotopic (exact) mass is 374 g/mol. The van der Waals surface area contributed by atoms with Gasteiger partial charge in [0.1, 0.15) is 11.4 Å². The van der Waals surface area contributed by atoms with Crippen LogP contribution in [0.2, 0.25) is 0 Å². The molecule has 10 heteroatoms. The predicted molar refractivity (Wildman–Crippen MR) is 96.0 cm³/mol. The minimum Gasteiger partial charge on any atom is -0.494 e. The lowest BCUT2D eigenvalue weighted by molar-refractivity contribution is -0.142. The molecule has 0 atom stereocenters. The molecule has 10 nitrogen and oxygen atoms in total. The molecule has 27 heavy (non-hydrogen) atoms. The number of hydrogen-bond donors (Lipinski definition) is 3. The van der Waals surface area contributed by atoms with Gasteiger partial charge < -0.3 is 20.5 Å². The van der Waals surface area contributed by atoms with Crippen molar-refractivity contribution in [3.05, 3.63) is 24.0 Å². The van der Waals surface area contributed by atoms with E-state index < -0.39 is 5.97 Å². The normalized spacial score (nSPS) is 19.3. The minimum atomic E-state index is -0.762. The van der Waals surface area contributed by atoms with Gasteiger partial charge in [-0.25, -0.2) is 4.79 Å². The summed E-state index contributed by atoms with van der Waals surface area (Å²) in [5.41, 5.74) is 1.18. The van der Waals surface area contributed by atoms with Crippen LogP contribution in [0.4, 0.5) is 10.5 Å². The summed E-state index contributed by atoms with van der Waals surface area (Å²) in [4.78, 5) is 23.3. The Labute approximate surface area is 155 Å². The lowest BCUT2D eigenvalue weighted by Crippen LogP contribution is -2.41. The van der Waals surface area contributed by atoms with E-state index in [1.54, 1.807) is 32.2 Å². The summed E-state index contributed by atoms with van der Waals surface area (Å²) in [5.74, 6) is 0.0878. The second kappa shape index (κ2) is 8.02. The van der Waals surface area contributed by atoms with Gasteiger partial charge in [-0.15, -0.1) is 5.10 Å². The van der Waals surface area contributed by atoms with E-state index >= 15 is 0 Å². The summed E-state index contributed by atoms with van der Waals surface area (Å²) >= 11 is 0. The molecule has 1 heterocycles. The molecular formula is C17H22N6O4. The van der Waals surface area contributed by atoms with Gasteiger partial charge in [0.2, 0.25) is 0 Å². The zero-order valence-corrected chi connectivity index (χ0v) is 15.2. The highest BCUT2D eigenvalue weighted by Crippen LogP contribution is 2.27. The van der Waals surface area contributed by atoms with Crippen molar-refractivity contribution in [2.75, 3.05) is 12.4 Å². The molecule has 2 aromatic rings. The molecule has 0 bridgehead atoms. The van der Waals surface area contributed by atoms with Crippen molar-refractivity contribution in [3.8, 4) is 11.4 Å². The van der Waals surface area contributed by atoms with E-state index in [2.05, 4.69) is 26.2 Å². The smallest absolute Gasteiger partial charge is 0.319 e. The number of rotatable bonds is 5. The van der Waals surface area contributed by atoms with E-state index in [-0.39, 0.29) is 18.0 Å². The van der Waals surface area contributed by atoms with Crippen LogP contribution in [0.25, 0.3) is 5.69 Å². The van der Waals surface area contributed by atoms with Gasteiger partial charge in [-0.1, -0.05) is 0 Å². The summed E-state index contributed by atoms with van der Waals surface area (Å²) in [5, 5.41) is 26.1. The minimum absolute atomic E-state index is 0.0277. The molecule has 1 aliphatic carbocycles. The van der Waals surface area contributed by atoms with Gasteiger partial charge in [-0.3, -0.25) is 4.79 Å². The first kappa shape index (κ1) is 18.6. The maximum atomic E-state index is 12.3. The third kappa shape index (κ3) is 4.33. The molecule has 1 fully saturated rings. The first-order valence-corrected chi connectivity index (χ1v) is 8.71. The molecule has 0 saturated heterocycles. The van der Waals surface area contributed by atoms with Crippen LogP contribution < -0.4 is 15.4 Å². The lowest BCUT2D eigenvalue weighted by Gasteiger charge is -2.26. The van der Waals surface area contributed by atoms with E-state index in [0.29, 0.717) is 48.6 Å². The Morgan fingerprint density at radius 2 is 2.00 bits per heavy atom. The van der Waals surface area contributed by atoms with Crippen LogP contribution in [0.15, 0.2) is 18.2 Å². The van der Waals surface area contributed by atoms with Crippen molar-refractivity contribution >= 4 is 17.7 Å². The number of aromatic nitrogens is 4. The number of aliphatic carboxylic acids is 1. The molecule has 0 unspecified atom stereocenters. The number of carboxylic acid groups (broad SMARTS) is 1. The average molecular weight is 374 g/mol. The molecule has 1 saturated carbocycles. The van der Waals surface area contributed by atoms with E-state index in [0.717, 1.165) is 0 Å². The van der Waals surface area contributed by atoms with Crippen molar-refractivity contribution in [2.45, 2.75) is 38.6 Å². The molecule has 0 radical (unpaired) electrons. The van der Waals surface area contributed by atoms with Gasteiger partial charge in [0, 0.05) is 11.7 Å². The zero-order valence-electron chi connectivity index (χ0n) is 15.2. The maximum absolute atomic E-state index is 12.3. The number of methoxy groups -OCH3 is 1. The first-order valence-electron chi connectivity index (χ1n) is 8.71. The topological polar surface area (TPSA) is 131 Å². The SMILES string of the molecule is COc1ccc(NC(=O)NC2CCC(C(=O)O)CC2)cc1-n1nnnc1C. The van der Waals surface area contributed by atoms with Crippen LogP contribution in [-0.4, -0.2) is 50.5 Å². The third-order valence-corrected chi connectivity index (χ3v) is 4.70. The molecule has 3 N–H and O–H groups in total. The van der Waals surface area contributed by atoms with Crippen LogP contribution in [0.5, 0.6) is 5.75 Å². The highest BCUT2D eigenvalue weighted by molar-refractivity contribution is 5.90. The average Bonchev–Trinajstić information content (AvgIpc) is 3.07. The maximum Gasteiger partial charge on any atom is 0.319 e. The Hall–Kier alpha value is -3.17. The summed E-state index contributed by atoms with van der Waals surface area (Å²) in [6.07, 6.45) is 2.46. The van der Waals surface area contributed by atoms with Crippen LogP contribution in [0.3, 0.4) is 0 Å². The quantitative estimate of drug-likeness (QED) is 0.726. The number of carbonyl (C=O) groups is 2. The largest absolute Gasteiger partial charge is 0.494 e. The number of amides is 2. The molecule has 1 aromatic carbocycles. The fourth-order valence-electron chi connectivity index (χ4n) is 3.22. The number of aryl methyl sites for hydroxylation is 1. The van der Waals surface area contributed by atoms with Crippen LogP contribution in [0, 0.1) is 12.8 Å². The number of carboxylic acids is 1. The van der Waals surface area contributed by atoms with Crippen LogP contribution in [-0.2, 0) is 4.79 Å². The van der Waals surface area contributed by atoms with Crippen molar-refractivity contribution in [2.24, 2.45) is 5.92 Å². The van der Waals surface area contributed by atoms with Gasteiger partial charge in [-0.05, 0) is 61.2 Å².